The lowest BCUT2D eigenvalue weighted by Crippen LogP contribution is -1.93. The van der Waals surface area contributed by atoms with Gasteiger partial charge in [-0.2, -0.15) is 0 Å². The highest BCUT2D eigenvalue weighted by atomic mass is 35.5. The molecule has 0 aliphatic heterocycles. The minimum absolute atomic E-state index is 0.0843. The minimum Gasteiger partial charge on any atom is -0.494 e. The third-order valence-corrected chi connectivity index (χ3v) is 5.08. The van der Waals surface area contributed by atoms with E-state index in [1.807, 2.05) is 0 Å². The lowest BCUT2D eigenvalue weighted by Gasteiger charge is -2.15. The predicted octanol–water partition coefficient (Wildman–Crippen LogP) is 6.68. The van der Waals surface area contributed by atoms with Crippen LogP contribution in [0, 0.1) is 0 Å². The number of halogens is 6. The first kappa shape index (κ1) is 16.3. The van der Waals surface area contributed by atoms with E-state index in [2.05, 4.69) is 4.98 Å². The molecule has 2 aromatic rings. The Balaban J connectivity index is 2.87. The highest BCUT2D eigenvalue weighted by Gasteiger charge is 2.23. The van der Waals surface area contributed by atoms with E-state index in [1.165, 1.54) is 19.5 Å². The summed E-state index contributed by atoms with van der Waals surface area (Å²) >= 11 is 36.5. The third kappa shape index (κ3) is 2.66. The Morgan fingerprint density at radius 1 is 0.800 bits per heavy atom. The van der Waals surface area contributed by atoms with Crippen LogP contribution in [0.25, 0.3) is 11.1 Å². The molecule has 0 amide bonds. The van der Waals surface area contributed by atoms with E-state index in [0.29, 0.717) is 21.9 Å². The number of benzene rings is 1. The van der Waals surface area contributed by atoms with Gasteiger partial charge in [0, 0.05) is 23.5 Å². The molecule has 1 aromatic carbocycles. The number of rotatable bonds is 2. The van der Waals surface area contributed by atoms with Crippen molar-refractivity contribution >= 4 is 69.6 Å². The van der Waals surface area contributed by atoms with Gasteiger partial charge in [0.05, 0.1) is 32.2 Å². The largest absolute Gasteiger partial charge is 0.494 e. The topological polar surface area (TPSA) is 22.1 Å². The second-order valence-electron chi connectivity index (χ2n) is 3.65. The van der Waals surface area contributed by atoms with Gasteiger partial charge in [0.15, 0.2) is 0 Å². The van der Waals surface area contributed by atoms with Crippen LogP contribution in [0.2, 0.25) is 30.1 Å². The summed E-state index contributed by atoms with van der Waals surface area (Å²) in [5.41, 5.74) is 0.829. The van der Waals surface area contributed by atoms with Crippen molar-refractivity contribution in [3.8, 4) is 16.9 Å². The van der Waals surface area contributed by atoms with Gasteiger partial charge in [-0.1, -0.05) is 69.6 Å². The van der Waals surface area contributed by atoms with Crippen molar-refractivity contribution in [2.75, 3.05) is 7.11 Å². The molecule has 8 heteroatoms. The normalized spacial score (nSPS) is 10.8. The molecule has 0 radical (unpaired) electrons. The average Bonchev–Trinajstić information content (AvgIpc) is 2.43. The van der Waals surface area contributed by atoms with Crippen LogP contribution in [0.5, 0.6) is 5.75 Å². The maximum Gasteiger partial charge on any atom is 0.148 e. The van der Waals surface area contributed by atoms with E-state index < -0.39 is 0 Å². The maximum absolute atomic E-state index is 6.21. The van der Waals surface area contributed by atoms with Crippen LogP contribution in [0.4, 0.5) is 0 Å². The molecule has 0 atom stereocenters. The standard InChI is InChI=1S/C12H5Cl6NO/c1-20-12-4(2-19-3-5(12)13)6-7(14)9(16)11(18)10(17)8(6)15/h2-3H,1H3. The summed E-state index contributed by atoms with van der Waals surface area (Å²) in [6.45, 7) is 0. The molecule has 0 bridgehead atoms. The van der Waals surface area contributed by atoms with Crippen LogP contribution < -0.4 is 4.74 Å². The zero-order valence-corrected chi connectivity index (χ0v) is 14.3. The van der Waals surface area contributed by atoms with Crippen molar-refractivity contribution in [2.45, 2.75) is 0 Å². The second-order valence-corrected chi connectivity index (χ2v) is 5.94. The number of hydrogen-bond acceptors (Lipinski definition) is 2. The molecule has 106 valence electrons. The molecule has 20 heavy (non-hydrogen) atoms. The Labute approximate surface area is 145 Å². The molecule has 0 saturated heterocycles. The van der Waals surface area contributed by atoms with Gasteiger partial charge in [-0.05, 0) is 0 Å². The number of aromatic nitrogens is 1. The number of nitrogens with zero attached hydrogens (tertiary/aromatic N) is 1. The molecular formula is C12H5Cl6NO. The van der Waals surface area contributed by atoms with Crippen molar-refractivity contribution in [1.29, 1.82) is 0 Å². The van der Waals surface area contributed by atoms with Crippen molar-refractivity contribution in [3.05, 3.63) is 42.5 Å². The minimum atomic E-state index is 0.0843. The second kappa shape index (κ2) is 6.35. The molecule has 0 fully saturated rings. The quantitative estimate of drug-likeness (QED) is 0.421. The number of hydrogen-bond donors (Lipinski definition) is 0. The van der Waals surface area contributed by atoms with E-state index >= 15 is 0 Å². The SMILES string of the molecule is COc1c(Cl)cncc1-c1c(Cl)c(Cl)c(Cl)c(Cl)c1Cl. The summed E-state index contributed by atoms with van der Waals surface area (Å²) < 4.78 is 5.24. The van der Waals surface area contributed by atoms with Crippen LogP contribution >= 0.6 is 69.6 Å². The van der Waals surface area contributed by atoms with Crippen LogP contribution in [0.3, 0.4) is 0 Å². The van der Waals surface area contributed by atoms with Gasteiger partial charge in [-0.15, -0.1) is 0 Å². The highest BCUT2D eigenvalue weighted by molar-refractivity contribution is 6.56. The highest BCUT2D eigenvalue weighted by Crippen LogP contribution is 2.50. The van der Waals surface area contributed by atoms with Gasteiger partial charge in [0.25, 0.3) is 0 Å². The molecule has 1 heterocycles. The zero-order chi connectivity index (χ0) is 15.0. The molecule has 0 aliphatic rings. The van der Waals surface area contributed by atoms with Crippen molar-refractivity contribution < 1.29 is 4.74 Å². The molecule has 0 saturated carbocycles. The summed E-state index contributed by atoms with van der Waals surface area (Å²) in [7, 11) is 1.46. The average molecular weight is 392 g/mol. The summed E-state index contributed by atoms with van der Waals surface area (Å²) in [4.78, 5) is 3.98. The van der Waals surface area contributed by atoms with Gasteiger partial charge in [0.2, 0.25) is 0 Å². The van der Waals surface area contributed by atoms with Crippen LogP contribution in [0.15, 0.2) is 12.4 Å². The molecule has 0 N–H and O–H groups in total. The lowest BCUT2D eigenvalue weighted by molar-refractivity contribution is 0.416. The van der Waals surface area contributed by atoms with E-state index in [-0.39, 0.29) is 25.1 Å². The van der Waals surface area contributed by atoms with Crippen LogP contribution in [-0.2, 0) is 0 Å². The summed E-state index contributed by atoms with van der Waals surface area (Å²) in [5.74, 6) is 0.361. The van der Waals surface area contributed by atoms with E-state index in [1.54, 1.807) is 0 Å². The van der Waals surface area contributed by atoms with Crippen molar-refractivity contribution in [2.24, 2.45) is 0 Å². The first-order valence-electron chi connectivity index (χ1n) is 5.09. The predicted molar refractivity (Wildman–Crippen MR) is 86.3 cm³/mol. The fraction of sp³-hybridized carbons (Fsp3) is 0.0833. The molecule has 0 aliphatic carbocycles. The van der Waals surface area contributed by atoms with Gasteiger partial charge in [-0.25, -0.2) is 0 Å². The molecule has 0 spiro atoms. The Bertz CT molecular complexity index is 659. The van der Waals surface area contributed by atoms with Gasteiger partial charge in [-0.3, -0.25) is 4.98 Å². The summed E-state index contributed by atoms with van der Waals surface area (Å²) in [5, 5.41) is 0.877. The maximum atomic E-state index is 6.21. The Hall–Kier alpha value is -0.0900. The number of pyridine rings is 1. The van der Waals surface area contributed by atoms with Gasteiger partial charge < -0.3 is 4.74 Å². The summed E-state index contributed by atoms with van der Waals surface area (Å²) in [6.07, 6.45) is 2.93. The fourth-order valence-corrected chi connectivity index (χ4v) is 3.23. The molecule has 1 aromatic heterocycles. The third-order valence-electron chi connectivity index (χ3n) is 2.54. The van der Waals surface area contributed by atoms with E-state index in [0.717, 1.165) is 0 Å². The van der Waals surface area contributed by atoms with Crippen molar-refractivity contribution in [1.82, 2.24) is 4.98 Å². The van der Waals surface area contributed by atoms with Gasteiger partial charge >= 0.3 is 0 Å². The van der Waals surface area contributed by atoms with Crippen LogP contribution in [0.1, 0.15) is 0 Å². The first-order chi connectivity index (χ1) is 9.40. The zero-order valence-electron chi connectivity index (χ0n) is 9.78. The smallest absolute Gasteiger partial charge is 0.148 e. The van der Waals surface area contributed by atoms with Crippen LogP contribution in [-0.4, -0.2) is 12.1 Å². The Kier molecular flexibility index (Phi) is 5.17. The van der Waals surface area contributed by atoms with Crippen molar-refractivity contribution in [3.63, 3.8) is 0 Å². The number of methoxy groups -OCH3 is 1. The Morgan fingerprint density at radius 3 is 1.80 bits per heavy atom. The van der Waals surface area contributed by atoms with E-state index in [4.69, 9.17) is 74.3 Å². The monoisotopic (exact) mass is 389 g/mol. The number of ether oxygens (including phenoxy) is 1. The molecular weight excluding hydrogens is 387 g/mol. The fourth-order valence-electron chi connectivity index (χ4n) is 1.65. The molecule has 2 nitrogen and oxygen atoms in total. The Morgan fingerprint density at radius 2 is 1.30 bits per heavy atom. The van der Waals surface area contributed by atoms with E-state index in [9.17, 15) is 0 Å². The molecule has 0 unspecified atom stereocenters. The van der Waals surface area contributed by atoms with Gasteiger partial charge in [0.1, 0.15) is 10.8 Å². The first-order valence-corrected chi connectivity index (χ1v) is 7.36. The summed E-state index contributed by atoms with van der Waals surface area (Å²) in [6, 6.07) is 0. The molecule has 2 rings (SSSR count). The lowest BCUT2D eigenvalue weighted by atomic mass is 10.1.